The molecule has 0 spiro atoms. The summed E-state index contributed by atoms with van der Waals surface area (Å²) in [5, 5.41) is 0.967. The van der Waals surface area contributed by atoms with Crippen LogP contribution in [0.25, 0.3) is 0 Å². The molecular formula is C22H22Cl2N2O4S. The Kier molecular flexibility index (Phi) is 6.14. The maximum atomic E-state index is 12.9. The summed E-state index contributed by atoms with van der Waals surface area (Å²) in [5.74, 6) is -0.0300. The van der Waals surface area contributed by atoms with E-state index in [0.717, 1.165) is 12.0 Å². The fourth-order valence-electron chi connectivity index (χ4n) is 3.97. The molecule has 9 heteroatoms. The Labute approximate surface area is 191 Å². The topological polar surface area (TPSA) is 74.8 Å². The Balaban J connectivity index is 1.36. The van der Waals surface area contributed by atoms with Crippen molar-refractivity contribution >= 4 is 44.9 Å². The first-order chi connectivity index (χ1) is 14.7. The zero-order valence-electron chi connectivity index (χ0n) is 16.9. The van der Waals surface area contributed by atoms with Crippen molar-refractivity contribution in [2.45, 2.75) is 24.2 Å². The van der Waals surface area contributed by atoms with Gasteiger partial charge in [0.1, 0.15) is 0 Å². The zero-order valence-corrected chi connectivity index (χ0v) is 19.3. The normalized spacial score (nSPS) is 21.7. The van der Waals surface area contributed by atoms with Crippen LogP contribution in [0.5, 0.6) is 0 Å². The van der Waals surface area contributed by atoms with Gasteiger partial charge in [0.05, 0.1) is 14.9 Å². The summed E-state index contributed by atoms with van der Waals surface area (Å²) in [5.41, 5.74) is 1.47. The van der Waals surface area contributed by atoms with E-state index in [-0.39, 0.29) is 41.5 Å². The van der Waals surface area contributed by atoms with E-state index in [9.17, 15) is 18.0 Å². The van der Waals surface area contributed by atoms with Crippen molar-refractivity contribution in [3.63, 3.8) is 0 Å². The number of sulfonamides is 1. The Morgan fingerprint density at radius 2 is 1.58 bits per heavy atom. The molecule has 1 heterocycles. The van der Waals surface area contributed by atoms with Gasteiger partial charge in [0.2, 0.25) is 15.9 Å². The summed E-state index contributed by atoms with van der Waals surface area (Å²) >= 11 is 12.1. The predicted molar refractivity (Wildman–Crippen MR) is 119 cm³/mol. The predicted octanol–water partition coefficient (Wildman–Crippen LogP) is 3.83. The number of Topliss-reactive ketones (excluding diaryl/α,β-unsaturated/α-hetero) is 1. The van der Waals surface area contributed by atoms with Gasteiger partial charge < -0.3 is 4.90 Å². The molecule has 164 valence electrons. The van der Waals surface area contributed by atoms with Gasteiger partial charge >= 0.3 is 0 Å². The van der Waals surface area contributed by atoms with E-state index >= 15 is 0 Å². The maximum Gasteiger partial charge on any atom is 0.243 e. The van der Waals surface area contributed by atoms with Crippen LogP contribution in [-0.4, -0.2) is 55.5 Å². The standard InChI is InChI=1S/C22H22Cl2N2O4S/c1-14(27)15-2-5-17(6-3-15)31(29,30)26-10-8-25(9-11-26)22(28)19-13-18(19)16-4-7-20(23)21(24)12-16/h2-7,12,18-19H,8-11,13H2,1H3. The number of benzene rings is 2. The summed E-state index contributed by atoms with van der Waals surface area (Å²) in [6, 6.07) is 11.4. The average molecular weight is 481 g/mol. The third-order valence-corrected chi connectivity index (χ3v) is 8.58. The molecule has 2 aliphatic rings. The second-order valence-corrected chi connectivity index (χ2v) is 10.7. The van der Waals surface area contributed by atoms with Gasteiger partial charge in [0, 0.05) is 37.7 Å². The fraction of sp³-hybridized carbons (Fsp3) is 0.364. The molecule has 1 saturated carbocycles. The number of piperazine rings is 1. The van der Waals surface area contributed by atoms with Crippen LogP contribution in [0, 0.1) is 5.92 Å². The molecule has 1 aliphatic heterocycles. The number of rotatable bonds is 5. The number of carbonyl (C=O) groups excluding carboxylic acids is 2. The molecule has 6 nitrogen and oxygen atoms in total. The van der Waals surface area contributed by atoms with E-state index in [1.807, 2.05) is 12.1 Å². The maximum absolute atomic E-state index is 12.9. The Morgan fingerprint density at radius 1 is 0.935 bits per heavy atom. The molecule has 2 aromatic carbocycles. The number of carbonyl (C=O) groups is 2. The lowest BCUT2D eigenvalue weighted by atomic mass is 10.1. The Bertz CT molecular complexity index is 1130. The lowest BCUT2D eigenvalue weighted by Crippen LogP contribution is -2.51. The van der Waals surface area contributed by atoms with Crippen LogP contribution >= 0.6 is 23.2 Å². The van der Waals surface area contributed by atoms with Crippen LogP contribution in [0.4, 0.5) is 0 Å². The lowest BCUT2D eigenvalue weighted by molar-refractivity contribution is -0.133. The molecular weight excluding hydrogens is 459 g/mol. The minimum atomic E-state index is -3.66. The average Bonchev–Trinajstić information content (AvgIpc) is 3.56. The molecule has 1 saturated heterocycles. The Morgan fingerprint density at radius 3 is 2.16 bits per heavy atom. The first kappa shape index (κ1) is 22.3. The second-order valence-electron chi connectivity index (χ2n) is 7.93. The van der Waals surface area contributed by atoms with Crippen LogP contribution in [0.15, 0.2) is 47.4 Å². The molecule has 2 unspecified atom stereocenters. The quantitative estimate of drug-likeness (QED) is 0.609. The smallest absolute Gasteiger partial charge is 0.243 e. The first-order valence-corrected chi connectivity index (χ1v) is 12.2. The van der Waals surface area contributed by atoms with Crippen LogP contribution in [-0.2, 0) is 14.8 Å². The van der Waals surface area contributed by atoms with Crippen molar-refractivity contribution in [2.24, 2.45) is 5.92 Å². The van der Waals surface area contributed by atoms with Gasteiger partial charge in [0.15, 0.2) is 5.78 Å². The summed E-state index contributed by atoms with van der Waals surface area (Å²) in [6.45, 7) is 2.63. The summed E-state index contributed by atoms with van der Waals surface area (Å²) in [4.78, 5) is 26.2. The van der Waals surface area contributed by atoms with E-state index in [2.05, 4.69) is 0 Å². The molecule has 0 N–H and O–H groups in total. The molecule has 0 radical (unpaired) electrons. The van der Waals surface area contributed by atoms with E-state index in [0.29, 0.717) is 28.7 Å². The number of ketones is 1. The summed E-state index contributed by atoms with van der Waals surface area (Å²) < 4.78 is 27.2. The highest BCUT2D eigenvalue weighted by Gasteiger charge is 2.46. The van der Waals surface area contributed by atoms with Gasteiger partial charge in [0.25, 0.3) is 0 Å². The molecule has 0 bridgehead atoms. The molecule has 2 atom stereocenters. The summed E-state index contributed by atoms with van der Waals surface area (Å²) in [7, 11) is -3.66. The molecule has 2 fully saturated rings. The minimum absolute atomic E-state index is 0.0546. The number of nitrogens with zero attached hydrogens (tertiary/aromatic N) is 2. The van der Waals surface area contributed by atoms with Gasteiger partial charge in [-0.15, -0.1) is 0 Å². The van der Waals surface area contributed by atoms with E-state index in [1.54, 1.807) is 11.0 Å². The monoisotopic (exact) mass is 480 g/mol. The fourth-order valence-corrected chi connectivity index (χ4v) is 5.70. The number of halogens is 2. The SMILES string of the molecule is CC(=O)c1ccc(S(=O)(=O)N2CCN(C(=O)C3CC3c3ccc(Cl)c(Cl)c3)CC2)cc1. The van der Waals surface area contributed by atoms with Crippen LogP contribution in [0.3, 0.4) is 0 Å². The zero-order chi connectivity index (χ0) is 22.3. The third kappa shape index (κ3) is 4.51. The number of hydrogen-bond donors (Lipinski definition) is 0. The third-order valence-electron chi connectivity index (χ3n) is 5.93. The molecule has 2 aromatic rings. The van der Waals surface area contributed by atoms with Crippen molar-refractivity contribution < 1.29 is 18.0 Å². The van der Waals surface area contributed by atoms with E-state index in [4.69, 9.17) is 23.2 Å². The van der Waals surface area contributed by atoms with Gasteiger partial charge in [-0.05, 0) is 49.1 Å². The van der Waals surface area contributed by atoms with Gasteiger partial charge in [-0.25, -0.2) is 8.42 Å². The highest BCUT2D eigenvalue weighted by atomic mass is 35.5. The summed E-state index contributed by atoms with van der Waals surface area (Å²) in [6.07, 6.45) is 0.762. The van der Waals surface area contributed by atoms with Crippen LogP contribution in [0.2, 0.25) is 10.0 Å². The molecule has 31 heavy (non-hydrogen) atoms. The minimum Gasteiger partial charge on any atom is -0.340 e. The van der Waals surface area contributed by atoms with Crippen molar-refractivity contribution in [2.75, 3.05) is 26.2 Å². The Hall–Kier alpha value is -1.93. The van der Waals surface area contributed by atoms with Crippen molar-refractivity contribution in [3.05, 3.63) is 63.6 Å². The molecule has 4 rings (SSSR count). The van der Waals surface area contributed by atoms with Crippen LogP contribution < -0.4 is 0 Å². The lowest BCUT2D eigenvalue weighted by Gasteiger charge is -2.34. The molecule has 1 amide bonds. The van der Waals surface area contributed by atoms with E-state index < -0.39 is 10.0 Å². The molecule has 1 aliphatic carbocycles. The van der Waals surface area contributed by atoms with Crippen LogP contribution in [0.1, 0.15) is 35.2 Å². The first-order valence-electron chi connectivity index (χ1n) is 10.0. The second kappa shape index (κ2) is 8.54. The van der Waals surface area contributed by atoms with Gasteiger partial charge in [-0.3, -0.25) is 9.59 Å². The van der Waals surface area contributed by atoms with Crippen molar-refractivity contribution in [1.82, 2.24) is 9.21 Å². The van der Waals surface area contributed by atoms with E-state index in [1.165, 1.54) is 35.5 Å². The highest BCUT2D eigenvalue weighted by Crippen LogP contribution is 2.49. The van der Waals surface area contributed by atoms with Crippen molar-refractivity contribution in [1.29, 1.82) is 0 Å². The van der Waals surface area contributed by atoms with Gasteiger partial charge in [-0.2, -0.15) is 4.31 Å². The van der Waals surface area contributed by atoms with Crippen molar-refractivity contribution in [3.8, 4) is 0 Å². The van der Waals surface area contributed by atoms with Gasteiger partial charge in [-0.1, -0.05) is 41.4 Å². The number of hydrogen-bond acceptors (Lipinski definition) is 4. The highest BCUT2D eigenvalue weighted by molar-refractivity contribution is 7.89. The number of amides is 1. The largest absolute Gasteiger partial charge is 0.340 e. The molecule has 0 aromatic heterocycles.